The first-order chi connectivity index (χ1) is 8.34. The van der Waals surface area contributed by atoms with Gasteiger partial charge in [-0.05, 0) is 23.3 Å². The summed E-state index contributed by atoms with van der Waals surface area (Å²) in [6.07, 6.45) is 5.04. The zero-order valence-corrected chi connectivity index (χ0v) is 8.94. The zero-order valence-electron chi connectivity index (χ0n) is 8.94. The molecule has 0 fully saturated rings. The van der Waals surface area contributed by atoms with Crippen LogP contribution in [0.3, 0.4) is 0 Å². The molecule has 0 aliphatic heterocycles. The highest BCUT2D eigenvalue weighted by atomic mass is 19.1. The van der Waals surface area contributed by atoms with Crippen LogP contribution in [-0.2, 0) is 6.42 Å². The monoisotopic (exact) mass is 226 g/mol. The van der Waals surface area contributed by atoms with Crippen LogP contribution in [0.5, 0.6) is 0 Å². The molecule has 0 saturated heterocycles. The van der Waals surface area contributed by atoms with Gasteiger partial charge in [0.25, 0.3) is 0 Å². The second-order valence-electron chi connectivity index (χ2n) is 3.80. The number of hydrogen-bond acceptors (Lipinski definition) is 2. The number of fused-ring (bicyclic) bond motifs is 1. The molecular formula is C13H9FN3. The molecule has 0 atom stereocenters. The zero-order chi connectivity index (χ0) is 11.7. The van der Waals surface area contributed by atoms with Crippen molar-refractivity contribution in [1.82, 2.24) is 15.2 Å². The summed E-state index contributed by atoms with van der Waals surface area (Å²) in [6, 6.07) is 8.62. The first kappa shape index (κ1) is 9.96. The summed E-state index contributed by atoms with van der Waals surface area (Å²) in [6.45, 7) is 0. The molecule has 4 heteroatoms. The molecule has 83 valence electrons. The average molecular weight is 226 g/mol. The van der Waals surface area contributed by atoms with Gasteiger partial charge in [0.2, 0.25) is 0 Å². The van der Waals surface area contributed by atoms with E-state index in [1.165, 1.54) is 6.07 Å². The Morgan fingerprint density at radius 3 is 2.94 bits per heavy atom. The fraction of sp³-hybridized carbons (Fsp3) is 0.0769. The smallest absolute Gasteiger partial charge is 0.156 e. The van der Waals surface area contributed by atoms with Crippen molar-refractivity contribution in [3.05, 3.63) is 59.7 Å². The molecule has 0 unspecified atom stereocenters. The van der Waals surface area contributed by atoms with Crippen LogP contribution >= 0.6 is 0 Å². The van der Waals surface area contributed by atoms with Crippen molar-refractivity contribution in [2.45, 2.75) is 6.42 Å². The van der Waals surface area contributed by atoms with E-state index in [1.54, 1.807) is 18.3 Å². The second kappa shape index (κ2) is 3.97. The first-order valence-corrected chi connectivity index (χ1v) is 5.27. The van der Waals surface area contributed by atoms with E-state index in [4.69, 9.17) is 0 Å². The Morgan fingerprint density at radius 1 is 1.18 bits per heavy atom. The van der Waals surface area contributed by atoms with E-state index in [0.29, 0.717) is 17.6 Å². The molecule has 1 N–H and O–H groups in total. The summed E-state index contributed by atoms with van der Waals surface area (Å²) in [4.78, 5) is 4.12. The summed E-state index contributed by atoms with van der Waals surface area (Å²) < 4.78 is 13.6. The number of nitrogens with zero attached hydrogens (tertiary/aromatic N) is 2. The fourth-order valence-electron chi connectivity index (χ4n) is 1.84. The highest BCUT2D eigenvalue weighted by molar-refractivity contribution is 5.77. The molecule has 2 heterocycles. The van der Waals surface area contributed by atoms with Crippen molar-refractivity contribution in [3.63, 3.8) is 0 Å². The number of rotatable bonds is 2. The SMILES string of the molecule is Fc1ccccc1Cc1ccnc2[nH]n[c]c12. The van der Waals surface area contributed by atoms with Crippen molar-refractivity contribution >= 4 is 11.0 Å². The van der Waals surface area contributed by atoms with Crippen LogP contribution in [0, 0.1) is 12.0 Å². The van der Waals surface area contributed by atoms with E-state index >= 15 is 0 Å². The van der Waals surface area contributed by atoms with E-state index in [-0.39, 0.29) is 5.82 Å². The summed E-state index contributed by atoms with van der Waals surface area (Å²) in [5, 5.41) is 7.39. The molecule has 0 aliphatic rings. The summed E-state index contributed by atoms with van der Waals surface area (Å²) in [5.74, 6) is -0.194. The molecule has 17 heavy (non-hydrogen) atoms. The first-order valence-electron chi connectivity index (χ1n) is 5.27. The van der Waals surface area contributed by atoms with Crippen LogP contribution in [0.2, 0.25) is 0 Å². The number of benzene rings is 1. The van der Waals surface area contributed by atoms with Crippen LogP contribution in [0.25, 0.3) is 11.0 Å². The van der Waals surface area contributed by atoms with Crippen LogP contribution in [0.4, 0.5) is 4.39 Å². The predicted molar refractivity (Wildman–Crippen MR) is 61.9 cm³/mol. The maximum atomic E-state index is 13.6. The average Bonchev–Trinajstić information content (AvgIpc) is 2.81. The maximum Gasteiger partial charge on any atom is 0.156 e. The number of nitrogens with one attached hydrogen (secondary N) is 1. The molecule has 3 rings (SSSR count). The molecule has 1 aromatic carbocycles. The molecule has 2 aromatic heterocycles. The molecule has 0 aliphatic carbocycles. The molecule has 1 radical (unpaired) electrons. The van der Waals surface area contributed by atoms with Gasteiger partial charge < -0.3 is 0 Å². The minimum atomic E-state index is -0.194. The minimum absolute atomic E-state index is 0.194. The topological polar surface area (TPSA) is 41.6 Å². The maximum absolute atomic E-state index is 13.6. The summed E-state index contributed by atoms with van der Waals surface area (Å²) in [5.41, 5.74) is 2.31. The molecule has 0 saturated carbocycles. The van der Waals surface area contributed by atoms with Crippen LogP contribution in [0.1, 0.15) is 11.1 Å². The van der Waals surface area contributed by atoms with Gasteiger partial charge in [0.1, 0.15) is 12.0 Å². The van der Waals surface area contributed by atoms with E-state index in [2.05, 4.69) is 21.4 Å². The van der Waals surface area contributed by atoms with Gasteiger partial charge in [-0.2, -0.15) is 5.10 Å². The lowest BCUT2D eigenvalue weighted by molar-refractivity contribution is 0.614. The van der Waals surface area contributed by atoms with Gasteiger partial charge in [0.15, 0.2) is 5.65 Å². The lowest BCUT2D eigenvalue weighted by Gasteiger charge is -2.03. The van der Waals surface area contributed by atoms with Gasteiger partial charge in [-0.3, -0.25) is 5.10 Å². The molecule has 0 bridgehead atoms. The van der Waals surface area contributed by atoms with Crippen molar-refractivity contribution < 1.29 is 4.39 Å². The van der Waals surface area contributed by atoms with E-state index in [0.717, 1.165) is 10.9 Å². The largest absolute Gasteiger partial charge is 0.260 e. The molecule has 3 nitrogen and oxygen atoms in total. The van der Waals surface area contributed by atoms with E-state index < -0.39 is 0 Å². The number of aromatic amines is 1. The summed E-state index contributed by atoms with van der Waals surface area (Å²) in [7, 11) is 0. The molecule has 0 spiro atoms. The highest BCUT2D eigenvalue weighted by Crippen LogP contribution is 2.18. The number of pyridine rings is 1. The third kappa shape index (κ3) is 1.78. The van der Waals surface area contributed by atoms with Crippen molar-refractivity contribution in [1.29, 1.82) is 0 Å². The van der Waals surface area contributed by atoms with Gasteiger partial charge in [-0.25, -0.2) is 9.37 Å². The number of halogens is 1. The summed E-state index contributed by atoms with van der Waals surface area (Å²) >= 11 is 0. The van der Waals surface area contributed by atoms with Gasteiger partial charge in [-0.15, -0.1) is 0 Å². The Morgan fingerprint density at radius 2 is 2.06 bits per heavy atom. The number of hydrogen-bond donors (Lipinski definition) is 1. The van der Waals surface area contributed by atoms with Gasteiger partial charge in [0, 0.05) is 12.6 Å². The van der Waals surface area contributed by atoms with E-state index in [9.17, 15) is 4.39 Å². The Kier molecular flexibility index (Phi) is 2.33. The van der Waals surface area contributed by atoms with Crippen molar-refractivity contribution in [3.8, 4) is 0 Å². The van der Waals surface area contributed by atoms with Gasteiger partial charge in [0.05, 0.1) is 5.39 Å². The van der Waals surface area contributed by atoms with Crippen LogP contribution in [-0.4, -0.2) is 15.2 Å². The molecule has 3 aromatic rings. The van der Waals surface area contributed by atoms with Crippen molar-refractivity contribution in [2.75, 3.05) is 0 Å². The standard InChI is InChI=1S/C13H9FN3/c14-12-4-2-1-3-10(12)7-9-5-6-15-13-11(9)8-16-17-13/h1-6H,7H2,(H,15,16,17). The van der Waals surface area contributed by atoms with Crippen LogP contribution < -0.4 is 0 Å². The minimum Gasteiger partial charge on any atom is -0.260 e. The Balaban J connectivity index is 2.06. The van der Waals surface area contributed by atoms with Crippen LogP contribution in [0.15, 0.2) is 36.5 Å². The third-order valence-corrected chi connectivity index (χ3v) is 2.71. The van der Waals surface area contributed by atoms with Crippen molar-refractivity contribution in [2.24, 2.45) is 0 Å². The Hall–Kier alpha value is -2.23. The molecular weight excluding hydrogens is 217 g/mol. The predicted octanol–water partition coefficient (Wildman–Crippen LogP) is 2.49. The lowest BCUT2D eigenvalue weighted by atomic mass is 10.0. The number of H-pyrrole nitrogens is 1. The third-order valence-electron chi connectivity index (χ3n) is 2.71. The van der Waals surface area contributed by atoms with Gasteiger partial charge >= 0.3 is 0 Å². The quantitative estimate of drug-likeness (QED) is 0.729. The normalized spacial score (nSPS) is 10.9. The van der Waals surface area contributed by atoms with Gasteiger partial charge in [-0.1, -0.05) is 18.2 Å². The Labute approximate surface area is 97.3 Å². The second-order valence-corrected chi connectivity index (χ2v) is 3.80. The van der Waals surface area contributed by atoms with E-state index in [1.807, 2.05) is 12.1 Å². The number of aromatic nitrogens is 3. The Bertz CT molecular complexity index is 660. The highest BCUT2D eigenvalue weighted by Gasteiger charge is 2.07. The molecule has 0 amide bonds. The fourth-order valence-corrected chi connectivity index (χ4v) is 1.84. The lowest BCUT2D eigenvalue weighted by Crippen LogP contribution is -1.93.